The summed E-state index contributed by atoms with van der Waals surface area (Å²) in [5.74, 6) is 0.0120. The second kappa shape index (κ2) is 7.25. The van der Waals surface area contributed by atoms with Gasteiger partial charge in [-0.05, 0) is 43.2 Å². The van der Waals surface area contributed by atoms with Crippen LogP contribution < -0.4 is 0 Å². The molecule has 0 fully saturated rings. The Balaban J connectivity index is 2.02. The maximum atomic E-state index is 12.4. The van der Waals surface area contributed by atoms with Crippen molar-refractivity contribution >= 4 is 5.91 Å². The molecule has 106 valence electrons. The normalized spacial score (nSPS) is 9.90. The van der Waals surface area contributed by atoms with Crippen molar-refractivity contribution in [2.45, 2.75) is 13.3 Å². The minimum absolute atomic E-state index is 0.0120. The molecule has 0 atom stereocenters. The largest absolute Gasteiger partial charge is 0.339 e. The van der Waals surface area contributed by atoms with Gasteiger partial charge in [0.25, 0.3) is 5.91 Å². The van der Waals surface area contributed by atoms with Crippen LogP contribution in [0.2, 0.25) is 0 Å². The van der Waals surface area contributed by atoms with Gasteiger partial charge in [-0.25, -0.2) is 0 Å². The zero-order valence-corrected chi connectivity index (χ0v) is 12.1. The molecule has 21 heavy (non-hydrogen) atoms. The van der Waals surface area contributed by atoms with Gasteiger partial charge in [-0.3, -0.25) is 4.79 Å². The zero-order chi connectivity index (χ0) is 15.1. The minimum Gasteiger partial charge on any atom is -0.339 e. The van der Waals surface area contributed by atoms with Gasteiger partial charge in [-0.1, -0.05) is 30.3 Å². The summed E-state index contributed by atoms with van der Waals surface area (Å²) in [6.07, 6.45) is 0.844. The van der Waals surface area contributed by atoms with Gasteiger partial charge in [0.05, 0.1) is 11.6 Å². The van der Waals surface area contributed by atoms with Crippen molar-refractivity contribution in [1.82, 2.24) is 4.90 Å². The lowest BCUT2D eigenvalue weighted by Gasteiger charge is -2.21. The summed E-state index contributed by atoms with van der Waals surface area (Å²) >= 11 is 0. The summed E-state index contributed by atoms with van der Waals surface area (Å²) < 4.78 is 0. The van der Waals surface area contributed by atoms with Crippen molar-refractivity contribution in [3.8, 4) is 6.07 Å². The molecule has 0 N–H and O–H groups in total. The molecule has 2 aromatic rings. The number of hydrogen-bond donors (Lipinski definition) is 0. The molecule has 0 saturated heterocycles. The van der Waals surface area contributed by atoms with E-state index in [9.17, 15) is 4.79 Å². The van der Waals surface area contributed by atoms with Gasteiger partial charge in [0.2, 0.25) is 0 Å². The Hall–Kier alpha value is -2.60. The standard InChI is InChI=1S/C18H18N2O/c1-2-20(13-12-15-6-4-3-5-7-15)18(21)17-10-8-16(14-19)9-11-17/h3-11H,2,12-13H2,1H3. The Morgan fingerprint density at radius 1 is 1.10 bits per heavy atom. The van der Waals surface area contributed by atoms with Gasteiger partial charge in [0.15, 0.2) is 0 Å². The molecule has 0 unspecified atom stereocenters. The van der Waals surface area contributed by atoms with E-state index in [-0.39, 0.29) is 5.91 Å². The molecule has 2 rings (SSSR count). The lowest BCUT2D eigenvalue weighted by Crippen LogP contribution is -2.32. The SMILES string of the molecule is CCN(CCc1ccccc1)C(=O)c1ccc(C#N)cc1. The lowest BCUT2D eigenvalue weighted by atomic mass is 10.1. The highest BCUT2D eigenvalue weighted by Gasteiger charge is 2.13. The molecule has 0 aromatic heterocycles. The van der Waals surface area contributed by atoms with Gasteiger partial charge < -0.3 is 4.90 Å². The molecule has 0 bridgehead atoms. The van der Waals surface area contributed by atoms with E-state index in [1.165, 1.54) is 5.56 Å². The molecule has 0 spiro atoms. The molecule has 2 aromatic carbocycles. The molecule has 3 heteroatoms. The maximum Gasteiger partial charge on any atom is 0.253 e. The van der Waals surface area contributed by atoms with Crippen LogP contribution in [0, 0.1) is 11.3 Å². The van der Waals surface area contributed by atoms with E-state index >= 15 is 0 Å². The highest BCUT2D eigenvalue weighted by atomic mass is 16.2. The summed E-state index contributed by atoms with van der Waals surface area (Å²) in [6.45, 7) is 3.34. The third-order valence-corrected chi connectivity index (χ3v) is 3.44. The first-order chi connectivity index (χ1) is 10.2. The monoisotopic (exact) mass is 278 g/mol. The molecule has 3 nitrogen and oxygen atoms in total. The van der Waals surface area contributed by atoms with E-state index in [1.54, 1.807) is 24.3 Å². The summed E-state index contributed by atoms with van der Waals surface area (Å²) in [4.78, 5) is 14.3. The van der Waals surface area contributed by atoms with Crippen LogP contribution in [0.4, 0.5) is 0 Å². The summed E-state index contributed by atoms with van der Waals surface area (Å²) in [7, 11) is 0. The predicted octanol–water partition coefficient (Wildman–Crippen LogP) is 3.26. The van der Waals surface area contributed by atoms with E-state index in [4.69, 9.17) is 5.26 Å². The van der Waals surface area contributed by atoms with Crippen molar-refractivity contribution < 1.29 is 4.79 Å². The highest BCUT2D eigenvalue weighted by molar-refractivity contribution is 5.94. The molecular weight excluding hydrogens is 260 g/mol. The number of nitriles is 1. The van der Waals surface area contributed by atoms with Crippen molar-refractivity contribution in [2.75, 3.05) is 13.1 Å². The lowest BCUT2D eigenvalue weighted by molar-refractivity contribution is 0.0766. The van der Waals surface area contributed by atoms with Crippen LogP contribution in [0.15, 0.2) is 54.6 Å². The topological polar surface area (TPSA) is 44.1 Å². The molecular formula is C18H18N2O. The second-order valence-electron chi connectivity index (χ2n) is 4.81. The molecule has 0 saturated carbocycles. The Morgan fingerprint density at radius 2 is 1.76 bits per heavy atom. The van der Waals surface area contributed by atoms with E-state index < -0.39 is 0 Å². The minimum atomic E-state index is 0.0120. The number of likely N-dealkylation sites (N-methyl/N-ethyl adjacent to an activating group) is 1. The smallest absolute Gasteiger partial charge is 0.253 e. The molecule has 0 aliphatic heterocycles. The number of amides is 1. The van der Waals surface area contributed by atoms with E-state index in [2.05, 4.69) is 18.2 Å². The number of benzene rings is 2. The summed E-state index contributed by atoms with van der Waals surface area (Å²) in [6, 6.07) is 19.0. The van der Waals surface area contributed by atoms with Crippen LogP contribution in [-0.4, -0.2) is 23.9 Å². The first-order valence-corrected chi connectivity index (χ1v) is 7.08. The van der Waals surface area contributed by atoms with Crippen molar-refractivity contribution in [3.63, 3.8) is 0 Å². The second-order valence-corrected chi connectivity index (χ2v) is 4.81. The van der Waals surface area contributed by atoms with E-state index in [0.717, 1.165) is 6.42 Å². The summed E-state index contributed by atoms with van der Waals surface area (Å²) in [5.41, 5.74) is 2.42. The van der Waals surface area contributed by atoms with Crippen LogP contribution >= 0.6 is 0 Å². The van der Waals surface area contributed by atoms with Crippen molar-refractivity contribution in [1.29, 1.82) is 5.26 Å². The van der Waals surface area contributed by atoms with Crippen molar-refractivity contribution in [2.24, 2.45) is 0 Å². The fourth-order valence-corrected chi connectivity index (χ4v) is 2.18. The molecule has 0 heterocycles. The van der Waals surface area contributed by atoms with E-state index in [1.807, 2.05) is 30.0 Å². The Labute approximate surface area is 125 Å². The Morgan fingerprint density at radius 3 is 2.33 bits per heavy atom. The Kier molecular flexibility index (Phi) is 5.11. The number of nitrogens with zero attached hydrogens (tertiary/aromatic N) is 2. The third kappa shape index (κ3) is 3.93. The first-order valence-electron chi connectivity index (χ1n) is 7.08. The van der Waals surface area contributed by atoms with Gasteiger partial charge >= 0.3 is 0 Å². The number of hydrogen-bond acceptors (Lipinski definition) is 2. The number of carbonyl (C=O) groups excluding carboxylic acids is 1. The van der Waals surface area contributed by atoms with Gasteiger partial charge in [-0.2, -0.15) is 5.26 Å². The van der Waals surface area contributed by atoms with Gasteiger partial charge in [0, 0.05) is 18.7 Å². The van der Waals surface area contributed by atoms with Crippen LogP contribution in [-0.2, 0) is 6.42 Å². The maximum absolute atomic E-state index is 12.4. The van der Waals surface area contributed by atoms with Gasteiger partial charge in [-0.15, -0.1) is 0 Å². The molecule has 0 radical (unpaired) electrons. The summed E-state index contributed by atoms with van der Waals surface area (Å²) in [5, 5.41) is 8.79. The van der Waals surface area contributed by atoms with E-state index in [0.29, 0.717) is 24.2 Å². The number of rotatable bonds is 5. The fourth-order valence-electron chi connectivity index (χ4n) is 2.18. The zero-order valence-electron chi connectivity index (χ0n) is 12.1. The third-order valence-electron chi connectivity index (χ3n) is 3.44. The first kappa shape index (κ1) is 14.8. The average molecular weight is 278 g/mol. The highest BCUT2D eigenvalue weighted by Crippen LogP contribution is 2.09. The van der Waals surface area contributed by atoms with Crippen LogP contribution in [0.1, 0.15) is 28.4 Å². The van der Waals surface area contributed by atoms with Crippen LogP contribution in [0.3, 0.4) is 0 Å². The fraction of sp³-hybridized carbons (Fsp3) is 0.222. The molecule has 0 aliphatic carbocycles. The van der Waals surface area contributed by atoms with Crippen LogP contribution in [0.5, 0.6) is 0 Å². The molecule has 0 aliphatic rings. The average Bonchev–Trinajstić information content (AvgIpc) is 2.56. The predicted molar refractivity (Wildman–Crippen MR) is 82.9 cm³/mol. The van der Waals surface area contributed by atoms with Crippen LogP contribution in [0.25, 0.3) is 0 Å². The quantitative estimate of drug-likeness (QED) is 0.842. The Bertz CT molecular complexity index is 627. The number of carbonyl (C=O) groups is 1. The van der Waals surface area contributed by atoms with Crippen molar-refractivity contribution in [3.05, 3.63) is 71.3 Å². The van der Waals surface area contributed by atoms with Gasteiger partial charge in [0.1, 0.15) is 0 Å². The molecule has 1 amide bonds.